The van der Waals surface area contributed by atoms with Crippen molar-refractivity contribution in [1.29, 1.82) is 0 Å². The van der Waals surface area contributed by atoms with Crippen LogP contribution in [0, 0.1) is 0 Å². The van der Waals surface area contributed by atoms with Gasteiger partial charge in [0, 0.05) is 30.5 Å². The van der Waals surface area contributed by atoms with Gasteiger partial charge in [0.2, 0.25) is 15.9 Å². The second-order valence-corrected chi connectivity index (χ2v) is 9.28. The Morgan fingerprint density at radius 3 is 2.69 bits per heavy atom. The maximum atomic E-state index is 12.8. The monoisotopic (exact) mass is 415 g/mol. The molecule has 2 heterocycles. The molecular weight excluding hydrogens is 390 g/mol. The molecule has 2 aromatic carbocycles. The molecule has 29 heavy (non-hydrogen) atoms. The summed E-state index contributed by atoms with van der Waals surface area (Å²) in [5.74, 6) is -0.0381. The number of morpholine rings is 1. The second-order valence-electron chi connectivity index (χ2n) is 7.34. The molecule has 1 saturated heterocycles. The van der Waals surface area contributed by atoms with Crippen LogP contribution in [0.5, 0.6) is 0 Å². The molecule has 1 amide bonds. The minimum absolute atomic E-state index is 0.0381. The van der Waals surface area contributed by atoms with Crippen LogP contribution in [0.15, 0.2) is 53.4 Å². The topological polar surface area (TPSA) is 79.0 Å². The van der Waals surface area contributed by atoms with E-state index in [4.69, 9.17) is 4.74 Å². The lowest BCUT2D eigenvalue weighted by Gasteiger charge is -2.26. The van der Waals surface area contributed by atoms with Crippen molar-refractivity contribution in [2.75, 3.05) is 43.1 Å². The number of amides is 1. The maximum Gasteiger partial charge on any atom is 0.246 e. The standard InChI is InChI=1S/C21H25N3O4S/c1-16-13-17-5-2-3-8-20(17)24(16)21(25)15-22-18-6-4-7-19(14-18)29(26,27)23-9-11-28-12-10-23/h2-8,14,16,22H,9-13,15H2,1H3/t16-/m1/s1. The smallest absolute Gasteiger partial charge is 0.246 e. The molecule has 1 fully saturated rings. The predicted molar refractivity (Wildman–Crippen MR) is 112 cm³/mol. The first kappa shape index (κ1) is 19.9. The average molecular weight is 416 g/mol. The normalized spacial score (nSPS) is 19.8. The Kier molecular flexibility index (Phi) is 5.58. The van der Waals surface area contributed by atoms with Crippen molar-refractivity contribution < 1.29 is 17.9 Å². The number of anilines is 2. The quantitative estimate of drug-likeness (QED) is 0.809. The van der Waals surface area contributed by atoms with E-state index in [0.717, 1.165) is 12.1 Å². The SMILES string of the molecule is C[C@@H]1Cc2ccccc2N1C(=O)CNc1cccc(S(=O)(=O)N2CCOCC2)c1. The van der Waals surface area contributed by atoms with E-state index >= 15 is 0 Å². The van der Waals surface area contributed by atoms with E-state index in [1.54, 1.807) is 24.3 Å². The van der Waals surface area contributed by atoms with Crippen molar-refractivity contribution in [3.8, 4) is 0 Å². The molecule has 0 unspecified atom stereocenters. The minimum Gasteiger partial charge on any atom is -0.379 e. The van der Waals surface area contributed by atoms with Gasteiger partial charge in [-0.3, -0.25) is 4.79 Å². The average Bonchev–Trinajstić information content (AvgIpc) is 3.08. The van der Waals surface area contributed by atoms with Crippen molar-refractivity contribution in [3.05, 3.63) is 54.1 Å². The van der Waals surface area contributed by atoms with Crippen LogP contribution in [-0.2, 0) is 26.0 Å². The fourth-order valence-electron chi connectivity index (χ4n) is 3.91. The summed E-state index contributed by atoms with van der Waals surface area (Å²) in [6.07, 6.45) is 0.842. The van der Waals surface area contributed by atoms with Crippen LogP contribution in [0.25, 0.3) is 0 Å². The molecule has 2 aromatic rings. The van der Waals surface area contributed by atoms with Crippen LogP contribution in [0.2, 0.25) is 0 Å². The van der Waals surface area contributed by atoms with E-state index in [9.17, 15) is 13.2 Å². The lowest BCUT2D eigenvalue weighted by molar-refractivity contribution is -0.117. The summed E-state index contributed by atoms with van der Waals surface area (Å²) in [5, 5.41) is 3.09. The van der Waals surface area contributed by atoms with E-state index in [1.165, 1.54) is 9.87 Å². The van der Waals surface area contributed by atoms with Gasteiger partial charge in [0.15, 0.2) is 0 Å². The molecule has 4 rings (SSSR count). The van der Waals surface area contributed by atoms with E-state index in [-0.39, 0.29) is 23.4 Å². The Morgan fingerprint density at radius 1 is 1.14 bits per heavy atom. The van der Waals surface area contributed by atoms with Gasteiger partial charge in [0.25, 0.3) is 0 Å². The molecule has 0 bridgehead atoms. The third kappa shape index (κ3) is 4.01. The zero-order chi connectivity index (χ0) is 20.4. The molecule has 2 aliphatic heterocycles. The molecule has 0 spiro atoms. The fraction of sp³-hybridized carbons (Fsp3) is 0.381. The Balaban J connectivity index is 1.46. The molecule has 0 aromatic heterocycles. The van der Waals surface area contributed by atoms with Crippen LogP contribution >= 0.6 is 0 Å². The summed E-state index contributed by atoms with van der Waals surface area (Å²) < 4.78 is 32.3. The zero-order valence-corrected chi connectivity index (χ0v) is 17.2. The second kappa shape index (κ2) is 8.14. The van der Waals surface area contributed by atoms with E-state index in [0.29, 0.717) is 32.0 Å². The van der Waals surface area contributed by atoms with Crippen molar-refractivity contribution >= 4 is 27.3 Å². The van der Waals surface area contributed by atoms with Gasteiger partial charge in [-0.15, -0.1) is 0 Å². The molecule has 0 saturated carbocycles. The zero-order valence-electron chi connectivity index (χ0n) is 16.4. The number of para-hydroxylation sites is 1. The highest BCUT2D eigenvalue weighted by Crippen LogP contribution is 2.31. The number of hydrogen-bond donors (Lipinski definition) is 1. The largest absolute Gasteiger partial charge is 0.379 e. The van der Waals surface area contributed by atoms with Gasteiger partial charge in [-0.2, -0.15) is 4.31 Å². The molecule has 7 nitrogen and oxygen atoms in total. The summed E-state index contributed by atoms with van der Waals surface area (Å²) in [6, 6.07) is 14.7. The van der Waals surface area contributed by atoms with Gasteiger partial charge < -0.3 is 15.0 Å². The molecule has 8 heteroatoms. The fourth-order valence-corrected chi connectivity index (χ4v) is 5.37. The lowest BCUT2D eigenvalue weighted by Crippen LogP contribution is -2.40. The summed E-state index contributed by atoms with van der Waals surface area (Å²) in [5.41, 5.74) is 2.73. The third-order valence-corrected chi connectivity index (χ3v) is 7.26. The van der Waals surface area contributed by atoms with E-state index < -0.39 is 10.0 Å². The van der Waals surface area contributed by atoms with Gasteiger partial charge in [0.1, 0.15) is 0 Å². The van der Waals surface area contributed by atoms with Crippen LogP contribution in [0.1, 0.15) is 12.5 Å². The third-order valence-electron chi connectivity index (χ3n) is 5.36. The number of carbonyl (C=O) groups excluding carboxylic acids is 1. The first-order valence-electron chi connectivity index (χ1n) is 9.78. The number of nitrogens with one attached hydrogen (secondary N) is 1. The van der Waals surface area contributed by atoms with Crippen LogP contribution in [0.3, 0.4) is 0 Å². The Bertz CT molecular complexity index is 1000. The van der Waals surface area contributed by atoms with Crippen LogP contribution in [0.4, 0.5) is 11.4 Å². The molecule has 1 N–H and O–H groups in total. The van der Waals surface area contributed by atoms with Gasteiger partial charge in [0.05, 0.1) is 24.7 Å². The van der Waals surface area contributed by atoms with Gasteiger partial charge in [-0.05, 0) is 43.2 Å². The van der Waals surface area contributed by atoms with Crippen LogP contribution < -0.4 is 10.2 Å². The maximum absolute atomic E-state index is 12.8. The first-order chi connectivity index (χ1) is 14.0. The number of ether oxygens (including phenoxy) is 1. The first-order valence-corrected chi connectivity index (χ1v) is 11.2. The highest BCUT2D eigenvalue weighted by Gasteiger charge is 2.30. The molecule has 154 valence electrons. The lowest BCUT2D eigenvalue weighted by atomic mass is 10.1. The van der Waals surface area contributed by atoms with Gasteiger partial charge in [-0.1, -0.05) is 24.3 Å². The summed E-state index contributed by atoms with van der Waals surface area (Å²) in [4.78, 5) is 14.9. The van der Waals surface area contributed by atoms with Gasteiger partial charge in [-0.25, -0.2) is 8.42 Å². The minimum atomic E-state index is -3.57. The van der Waals surface area contributed by atoms with Crippen molar-refractivity contribution in [1.82, 2.24) is 4.31 Å². The highest BCUT2D eigenvalue weighted by atomic mass is 32.2. The summed E-state index contributed by atoms with van der Waals surface area (Å²) in [6.45, 7) is 3.64. The number of rotatable bonds is 5. The molecule has 2 aliphatic rings. The van der Waals surface area contributed by atoms with E-state index in [1.807, 2.05) is 36.1 Å². The number of fused-ring (bicyclic) bond motifs is 1. The number of hydrogen-bond acceptors (Lipinski definition) is 5. The Hall–Kier alpha value is -2.42. The number of carbonyl (C=O) groups is 1. The molecule has 1 atom stereocenters. The molecular formula is C21H25N3O4S. The van der Waals surface area contributed by atoms with Crippen molar-refractivity contribution in [2.45, 2.75) is 24.3 Å². The molecule has 0 aliphatic carbocycles. The molecule has 0 radical (unpaired) electrons. The number of nitrogens with zero attached hydrogens (tertiary/aromatic N) is 2. The summed E-state index contributed by atoms with van der Waals surface area (Å²) >= 11 is 0. The van der Waals surface area contributed by atoms with Crippen molar-refractivity contribution in [2.24, 2.45) is 0 Å². The van der Waals surface area contributed by atoms with E-state index in [2.05, 4.69) is 5.32 Å². The van der Waals surface area contributed by atoms with Crippen LogP contribution in [-0.4, -0.2) is 57.5 Å². The number of benzene rings is 2. The van der Waals surface area contributed by atoms with Crippen molar-refractivity contribution in [3.63, 3.8) is 0 Å². The summed E-state index contributed by atoms with van der Waals surface area (Å²) in [7, 11) is -3.57. The number of sulfonamides is 1. The predicted octanol–water partition coefficient (Wildman–Crippen LogP) is 2.10. The Morgan fingerprint density at radius 2 is 1.90 bits per heavy atom. The highest BCUT2D eigenvalue weighted by molar-refractivity contribution is 7.89. The van der Waals surface area contributed by atoms with Gasteiger partial charge >= 0.3 is 0 Å². The Labute approximate surface area is 171 Å².